The number of likely N-dealkylation sites (tertiary alicyclic amines) is 1. The third-order valence-electron chi connectivity index (χ3n) is 5.20. The molecule has 5 nitrogen and oxygen atoms in total. The lowest BCUT2D eigenvalue weighted by molar-refractivity contribution is -0.120. The van der Waals surface area contributed by atoms with Gasteiger partial charge in [0.1, 0.15) is 0 Å². The predicted octanol–water partition coefficient (Wildman–Crippen LogP) is 3.71. The van der Waals surface area contributed by atoms with E-state index in [0.717, 1.165) is 38.8 Å². The Labute approximate surface area is 166 Å². The molecule has 2 unspecified atom stereocenters. The average molecular weight is 400 g/mol. The summed E-state index contributed by atoms with van der Waals surface area (Å²) in [5, 5.41) is 6.55. The van der Waals surface area contributed by atoms with Gasteiger partial charge < -0.3 is 15.5 Å². The molecule has 0 spiro atoms. The van der Waals surface area contributed by atoms with Crippen molar-refractivity contribution < 1.29 is 9.59 Å². The van der Waals surface area contributed by atoms with Gasteiger partial charge in [-0.25, -0.2) is 0 Å². The topological polar surface area (TPSA) is 61.4 Å². The summed E-state index contributed by atoms with van der Waals surface area (Å²) in [5.41, 5.74) is 1.15. The van der Waals surface area contributed by atoms with Gasteiger partial charge in [-0.2, -0.15) is 0 Å². The Hall–Kier alpha value is -1.30. The molecular weight excluding hydrogens is 373 g/mol. The zero-order chi connectivity index (χ0) is 17.8. The molecule has 1 aromatic rings. The van der Waals surface area contributed by atoms with Crippen LogP contribution < -0.4 is 10.6 Å². The van der Waals surface area contributed by atoms with E-state index >= 15 is 0 Å². The van der Waals surface area contributed by atoms with E-state index in [1.54, 1.807) is 18.2 Å². The van der Waals surface area contributed by atoms with Crippen molar-refractivity contribution in [2.24, 2.45) is 5.92 Å². The Balaban J connectivity index is 0.00000243. The molecule has 2 heterocycles. The first-order valence-corrected chi connectivity index (χ1v) is 9.56. The van der Waals surface area contributed by atoms with Gasteiger partial charge in [0.15, 0.2) is 0 Å². The highest BCUT2D eigenvalue weighted by Crippen LogP contribution is 2.26. The second kappa shape index (κ2) is 9.58. The predicted molar refractivity (Wildman–Crippen MR) is 107 cm³/mol. The maximum absolute atomic E-state index is 12.8. The number of halogens is 2. The van der Waals surface area contributed by atoms with E-state index in [1.807, 2.05) is 4.90 Å². The average Bonchev–Trinajstić information content (AvgIpc) is 2.62. The number of hydrogen-bond acceptors (Lipinski definition) is 3. The zero-order valence-corrected chi connectivity index (χ0v) is 16.7. The first-order chi connectivity index (χ1) is 12.1. The second-order valence-corrected chi connectivity index (χ2v) is 7.48. The van der Waals surface area contributed by atoms with E-state index in [0.29, 0.717) is 22.8 Å². The number of hydrogen-bond donors (Lipinski definition) is 2. The minimum Gasteiger partial charge on any atom is -0.336 e. The number of anilines is 1. The highest BCUT2D eigenvalue weighted by Gasteiger charge is 2.26. The first kappa shape index (κ1) is 21.0. The fourth-order valence-electron chi connectivity index (χ4n) is 3.64. The largest absolute Gasteiger partial charge is 0.336 e. The molecule has 1 aromatic carbocycles. The SMILES string of the molecule is CC1CCCCN1C(=O)c1ccc(NC(=O)C2CCCNC2)cc1Cl.Cl. The van der Waals surface area contributed by atoms with Crippen molar-refractivity contribution >= 4 is 41.5 Å². The van der Waals surface area contributed by atoms with Crippen LogP contribution in [0.4, 0.5) is 5.69 Å². The van der Waals surface area contributed by atoms with Crippen molar-refractivity contribution in [1.82, 2.24) is 10.2 Å². The third-order valence-corrected chi connectivity index (χ3v) is 5.51. The lowest BCUT2D eigenvalue weighted by atomic mass is 9.98. The summed E-state index contributed by atoms with van der Waals surface area (Å²) in [6.45, 7) is 4.55. The van der Waals surface area contributed by atoms with Crippen LogP contribution in [0.3, 0.4) is 0 Å². The van der Waals surface area contributed by atoms with Crippen molar-refractivity contribution in [3.8, 4) is 0 Å². The van der Waals surface area contributed by atoms with Crippen LogP contribution in [-0.2, 0) is 4.79 Å². The number of amides is 2. The Morgan fingerprint density at radius 2 is 2.04 bits per heavy atom. The summed E-state index contributed by atoms with van der Waals surface area (Å²) in [5.74, 6) is -0.0263. The van der Waals surface area contributed by atoms with Crippen LogP contribution in [0, 0.1) is 5.92 Å². The Morgan fingerprint density at radius 1 is 1.23 bits per heavy atom. The number of rotatable bonds is 3. The van der Waals surface area contributed by atoms with Gasteiger partial charge in [0.2, 0.25) is 5.91 Å². The highest BCUT2D eigenvalue weighted by atomic mass is 35.5. The maximum Gasteiger partial charge on any atom is 0.255 e. The van der Waals surface area contributed by atoms with Crippen molar-refractivity contribution in [1.29, 1.82) is 0 Å². The van der Waals surface area contributed by atoms with Gasteiger partial charge in [-0.3, -0.25) is 9.59 Å². The van der Waals surface area contributed by atoms with Crippen molar-refractivity contribution in [3.63, 3.8) is 0 Å². The van der Waals surface area contributed by atoms with E-state index in [4.69, 9.17) is 11.6 Å². The van der Waals surface area contributed by atoms with Crippen LogP contribution >= 0.6 is 24.0 Å². The molecule has 2 amide bonds. The summed E-state index contributed by atoms with van der Waals surface area (Å²) in [6, 6.07) is 5.41. The molecule has 144 valence electrons. The van der Waals surface area contributed by atoms with Gasteiger partial charge >= 0.3 is 0 Å². The van der Waals surface area contributed by atoms with Gasteiger partial charge in [0.05, 0.1) is 16.5 Å². The maximum atomic E-state index is 12.8. The number of carbonyl (C=O) groups excluding carboxylic acids is 2. The van der Waals surface area contributed by atoms with Gasteiger partial charge in [0, 0.05) is 24.8 Å². The van der Waals surface area contributed by atoms with Crippen LogP contribution in [0.1, 0.15) is 49.4 Å². The molecule has 0 radical (unpaired) electrons. The number of nitrogens with one attached hydrogen (secondary N) is 2. The Kier molecular flexibility index (Phi) is 7.74. The van der Waals surface area contributed by atoms with E-state index in [9.17, 15) is 9.59 Å². The smallest absolute Gasteiger partial charge is 0.255 e. The molecule has 0 aromatic heterocycles. The minimum absolute atomic E-state index is 0. The summed E-state index contributed by atoms with van der Waals surface area (Å²) < 4.78 is 0. The molecule has 2 fully saturated rings. The summed E-state index contributed by atoms with van der Waals surface area (Å²) in [7, 11) is 0. The van der Waals surface area contributed by atoms with Crippen LogP contribution in [-0.4, -0.2) is 42.4 Å². The zero-order valence-electron chi connectivity index (χ0n) is 15.1. The van der Waals surface area contributed by atoms with Crippen LogP contribution in [0.25, 0.3) is 0 Å². The molecule has 2 N–H and O–H groups in total. The fourth-order valence-corrected chi connectivity index (χ4v) is 3.90. The summed E-state index contributed by atoms with van der Waals surface area (Å²) in [4.78, 5) is 27.0. The van der Waals surface area contributed by atoms with Gasteiger partial charge in [-0.1, -0.05) is 11.6 Å². The molecule has 2 aliphatic heterocycles. The Morgan fingerprint density at radius 3 is 2.69 bits per heavy atom. The van der Waals surface area contributed by atoms with Gasteiger partial charge in [-0.05, 0) is 63.8 Å². The molecule has 26 heavy (non-hydrogen) atoms. The van der Waals surface area contributed by atoms with E-state index in [1.165, 1.54) is 6.42 Å². The lowest BCUT2D eigenvalue weighted by Crippen LogP contribution is -2.42. The van der Waals surface area contributed by atoms with Crippen LogP contribution in [0.15, 0.2) is 18.2 Å². The second-order valence-electron chi connectivity index (χ2n) is 7.07. The van der Waals surface area contributed by atoms with Crippen molar-refractivity contribution in [2.45, 2.75) is 45.1 Å². The van der Waals surface area contributed by atoms with E-state index in [-0.39, 0.29) is 36.2 Å². The molecule has 2 atom stereocenters. The molecule has 7 heteroatoms. The van der Waals surface area contributed by atoms with Gasteiger partial charge in [0.25, 0.3) is 5.91 Å². The molecule has 3 rings (SSSR count). The van der Waals surface area contributed by atoms with Crippen molar-refractivity contribution in [2.75, 3.05) is 25.0 Å². The first-order valence-electron chi connectivity index (χ1n) is 9.18. The lowest BCUT2D eigenvalue weighted by Gasteiger charge is -2.33. The van der Waals surface area contributed by atoms with Crippen LogP contribution in [0.5, 0.6) is 0 Å². The summed E-state index contributed by atoms with van der Waals surface area (Å²) >= 11 is 6.35. The minimum atomic E-state index is -0.0217. The molecule has 0 aliphatic carbocycles. The van der Waals surface area contributed by atoms with E-state index < -0.39 is 0 Å². The van der Waals surface area contributed by atoms with E-state index in [2.05, 4.69) is 17.6 Å². The monoisotopic (exact) mass is 399 g/mol. The summed E-state index contributed by atoms with van der Waals surface area (Å²) in [6.07, 6.45) is 5.15. The molecule has 0 saturated carbocycles. The Bertz CT molecular complexity index is 648. The molecular formula is C19H27Cl2N3O2. The molecule has 0 bridgehead atoms. The quantitative estimate of drug-likeness (QED) is 0.813. The third kappa shape index (κ3) is 4.90. The van der Waals surface area contributed by atoms with Crippen LogP contribution in [0.2, 0.25) is 5.02 Å². The number of benzene rings is 1. The number of carbonyl (C=O) groups is 2. The van der Waals surface area contributed by atoms with Gasteiger partial charge in [-0.15, -0.1) is 12.4 Å². The number of nitrogens with zero attached hydrogens (tertiary/aromatic N) is 1. The molecule has 2 saturated heterocycles. The molecule has 2 aliphatic rings. The fraction of sp³-hybridized carbons (Fsp3) is 0.579. The standard InChI is InChI=1S/C19H26ClN3O2.ClH/c1-13-5-2-3-10-23(13)19(25)16-8-7-15(11-17(16)20)22-18(24)14-6-4-9-21-12-14;/h7-8,11,13-14,21H,2-6,9-10,12H2,1H3,(H,22,24);1H. The number of piperidine rings is 2. The normalized spacial score (nSPS) is 23.1. The van der Waals surface area contributed by atoms with Crippen molar-refractivity contribution in [3.05, 3.63) is 28.8 Å². The highest BCUT2D eigenvalue weighted by molar-refractivity contribution is 6.34.